The van der Waals surface area contributed by atoms with Crippen molar-refractivity contribution in [2.24, 2.45) is 0 Å². The minimum atomic E-state index is -0.420. The first-order chi connectivity index (χ1) is 15.5. The lowest BCUT2D eigenvalue weighted by Crippen LogP contribution is -2.27. The van der Waals surface area contributed by atoms with Gasteiger partial charge in [0, 0.05) is 5.56 Å². The van der Waals surface area contributed by atoms with Crippen molar-refractivity contribution in [1.82, 2.24) is 0 Å². The molecule has 1 saturated heterocycles. The van der Waals surface area contributed by atoms with Gasteiger partial charge in [0.2, 0.25) is 0 Å². The van der Waals surface area contributed by atoms with Crippen molar-refractivity contribution >= 4 is 57.6 Å². The third-order valence-electron chi connectivity index (χ3n) is 4.73. The zero-order chi connectivity index (χ0) is 22.7. The molecule has 0 aromatic heterocycles. The van der Waals surface area contributed by atoms with Crippen LogP contribution >= 0.6 is 35.6 Å². The van der Waals surface area contributed by atoms with Gasteiger partial charge in [-0.3, -0.25) is 9.69 Å². The third-order valence-corrected chi connectivity index (χ3v) is 6.38. The molecule has 32 heavy (non-hydrogen) atoms. The molecule has 3 aromatic rings. The Kier molecular flexibility index (Phi) is 6.79. The van der Waals surface area contributed by atoms with Crippen LogP contribution in [0, 0.1) is 5.82 Å². The van der Waals surface area contributed by atoms with Gasteiger partial charge in [0.15, 0.2) is 4.32 Å². The Morgan fingerprint density at radius 2 is 1.84 bits per heavy atom. The average Bonchev–Trinajstić information content (AvgIpc) is 3.06. The molecular weight excluding hydrogens is 469 g/mol. The number of rotatable bonds is 6. The summed E-state index contributed by atoms with van der Waals surface area (Å²) in [5, 5.41) is 0.309. The molecule has 0 N–H and O–H groups in total. The van der Waals surface area contributed by atoms with Gasteiger partial charge in [-0.15, -0.1) is 0 Å². The molecule has 4 rings (SSSR count). The Labute approximate surface area is 199 Å². The van der Waals surface area contributed by atoms with Crippen molar-refractivity contribution in [2.45, 2.75) is 6.61 Å². The molecule has 0 radical (unpaired) electrons. The first-order valence-corrected chi connectivity index (χ1v) is 11.1. The van der Waals surface area contributed by atoms with Crippen molar-refractivity contribution < 1.29 is 18.7 Å². The number of amides is 1. The zero-order valence-corrected chi connectivity index (χ0v) is 19.3. The van der Waals surface area contributed by atoms with Crippen LogP contribution < -0.4 is 14.4 Å². The fourth-order valence-electron chi connectivity index (χ4n) is 3.09. The minimum absolute atomic E-state index is 0.00541. The normalized spacial score (nSPS) is 14.8. The van der Waals surface area contributed by atoms with E-state index in [1.807, 2.05) is 6.07 Å². The number of carbonyl (C=O) groups excluding carboxylic acids is 1. The van der Waals surface area contributed by atoms with E-state index < -0.39 is 5.82 Å². The minimum Gasteiger partial charge on any atom is -0.497 e. The maximum Gasteiger partial charge on any atom is 0.270 e. The van der Waals surface area contributed by atoms with Crippen molar-refractivity contribution in [3.05, 3.63) is 93.6 Å². The first kappa shape index (κ1) is 22.3. The highest BCUT2D eigenvalue weighted by Crippen LogP contribution is 2.36. The molecule has 1 amide bonds. The molecule has 4 nitrogen and oxygen atoms in total. The number of benzene rings is 3. The second kappa shape index (κ2) is 9.73. The highest BCUT2D eigenvalue weighted by atomic mass is 35.5. The predicted octanol–water partition coefficient (Wildman–Crippen LogP) is 6.47. The second-order valence-corrected chi connectivity index (χ2v) is 8.86. The van der Waals surface area contributed by atoms with Gasteiger partial charge in [-0.05, 0) is 60.2 Å². The van der Waals surface area contributed by atoms with Crippen LogP contribution in [0.4, 0.5) is 10.1 Å². The van der Waals surface area contributed by atoms with Gasteiger partial charge in [0.1, 0.15) is 23.9 Å². The number of methoxy groups -OCH3 is 1. The number of hydrogen-bond acceptors (Lipinski definition) is 5. The summed E-state index contributed by atoms with van der Waals surface area (Å²) in [7, 11) is 1.58. The second-order valence-electron chi connectivity index (χ2n) is 6.78. The number of ether oxygens (including phenoxy) is 2. The molecule has 0 atom stereocenters. The molecule has 0 aliphatic carbocycles. The molecule has 1 aliphatic heterocycles. The van der Waals surface area contributed by atoms with Crippen LogP contribution in [0.2, 0.25) is 5.02 Å². The van der Waals surface area contributed by atoms with E-state index >= 15 is 0 Å². The van der Waals surface area contributed by atoms with Crippen LogP contribution in [0.25, 0.3) is 6.08 Å². The highest BCUT2D eigenvalue weighted by molar-refractivity contribution is 8.27. The summed E-state index contributed by atoms with van der Waals surface area (Å²) in [5.41, 5.74) is 1.73. The van der Waals surface area contributed by atoms with Crippen LogP contribution in [-0.2, 0) is 11.4 Å². The molecule has 162 valence electrons. The van der Waals surface area contributed by atoms with E-state index in [1.165, 1.54) is 22.7 Å². The first-order valence-electron chi connectivity index (χ1n) is 9.54. The Hall–Kier alpha value is -2.87. The fourth-order valence-corrected chi connectivity index (χ4v) is 4.61. The van der Waals surface area contributed by atoms with Crippen LogP contribution in [0.1, 0.15) is 11.1 Å². The molecule has 0 unspecified atom stereocenters. The van der Waals surface area contributed by atoms with Gasteiger partial charge in [-0.2, -0.15) is 0 Å². The standard InChI is InChI=1S/C24H17ClFNO3S2/c1-29-17-10-8-16(9-11-17)27-23(28)22(32-24(27)31)13-15-4-2-5-18(12-15)30-14-19-20(25)6-3-7-21(19)26/h2-13H,14H2,1H3/b22-13-. The summed E-state index contributed by atoms with van der Waals surface area (Å²) in [6.45, 7) is -0.00541. The smallest absolute Gasteiger partial charge is 0.270 e. The molecular formula is C24H17ClFNO3S2. The molecule has 1 heterocycles. The Morgan fingerprint density at radius 1 is 1.09 bits per heavy atom. The van der Waals surface area contributed by atoms with Gasteiger partial charge in [0.25, 0.3) is 5.91 Å². The van der Waals surface area contributed by atoms with Crippen LogP contribution in [0.5, 0.6) is 11.5 Å². The quantitative estimate of drug-likeness (QED) is 0.295. The molecule has 0 saturated carbocycles. The molecule has 1 aliphatic rings. The Balaban J connectivity index is 1.51. The SMILES string of the molecule is COc1ccc(N2C(=O)/C(=C/c3cccc(OCc4c(F)cccc4Cl)c3)SC2=S)cc1. The zero-order valence-electron chi connectivity index (χ0n) is 16.9. The maximum absolute atomic E-state index is 14.0. The summed E-state index contributed by atoms with van der Waals surface area (Å²) >= 11 is 12.7. The van der Waals surface area contributed by atoms with Crippen molar-refractivity contribution in [3.63, 3.8) is 0 Å². The topological polar surface area (TPSA) is 38.8 Å². The molecule has 0 bridgehead atoms. The van der Waals surface area contributed by atoms with Crippen LogP contribution in [0.15, 0.2) is 71.6 Å². The number of nitrogens with zero attached hydrogens (tertiary/aromatic N) is 1. The number of halogens is 2. The summed E-state index contributed by atoms with van der Waals surface area (Å²) in [4.78, 5) is 15.0. The van der Waals surface area contributed by atoms with Gasteiger partial charge < -0.3 is 9.47 Å². The number of carbonyl (C=O) groups is 1. The van der Waals surface area contributed by atoms with E-state index in [4.69, 9.17) is 33.3 Å². The average molecular weight is 486 g/mol. The molecule has 0 spiro atoms. The van der Waals surface area contributed by atoms with Crippen LogP contribution in [0.3, 0.4) is 0 Å². The third kappa shape index (κ3) is 4.80. The Morgan fingerprint density at radius 3 is 2.56 bits per heavy atom. The summed E-state index contributed by atoms with van der Waals surface area (Å²) in [5.74, 6) is 0.609. The summed E-state index contributed by atoms with van der Waals surface area (Å²) in [6, 6.07) is 18.8. The van der Waals surface area contributed by atoms with E-state index in [0.29, 0.717) is 37.0 Å². The number of thioether (sulfide) groups is 1. The Bertz CT molecular complexity index is 1190. The van der Waals surface area contributed by atoms with E-state index in [1.54, 1.807) is 67.8 Å². The lowest BCUT2D eigenvalue weighted by atomic mass is 10.2. The maximum atomic E-state index is 14.0. The number of anilines is 1. The predicted molar refractivity (Wildman–Crippen MR) is 131 cm³/mol. The monoisotopic (exact) mass is 485 g/mol. The lowest BCUT2D eigenvalue weighted by molar-refractivity contribution is -0.113. The largest absolute Gasteiger partial charge is 0.497 e. The van der Waals surface area contributed by atoms with Crippen molar-refractivity contribution in [3.8, 4) is 11.5 Å². The number of hydrogen-bond donors (Lipinski definition) is 0. The van der Waals surface area contributed by atoms with Gasteiger partial charge in [-0.25, -0.2) is 4.39 Å². The fraction of sp³-hybridized carbons (Fsp3) is 0.0833. The highest BCUT2D eigenvalue weighted by Gasteiger charge is 2.33. The van der Waals surface area contributed by atoms with E-state index in [2.05, 4.69) is 0 Å². The summed E-state index contributed by atoms with van der Waals surface area (Å²) in [6.07, 6.45) is 1.76. The van der Waals surface area contributed by atoms with Crippen molar-refractivity contribution in [2.75, 3.05) is 12.0 Å². The molecule has 3 aromatic carbocycles. The van der Waals surface area contributed by atoms with Crippen LogP contribution in [-0.4, -0.2) is 17.3 Å². The van der Waals surface area contributed by atoms with E-state index in [0.717, 1.165) is 5.56 Å². The molecule has 8 heteroatoms. The summed E-state index contributed by atoms with van der Waals surface area (Å²) < 4.78 is 25.3. The molecule has 1 fully saturated rings. The van der Waals surface area contributed by atoms with E-state index in [9.17, 15) is 9.18 Å². The van der Waals surface area contributed by atoms with Crippen molar-refractivity contribution in [1.29, 1.82) is 0 Å². The van der Waals surface area contributed by atoms with Gasteiger partial charge in [-0.1, -0.05) is 53.8 Å². The number of thiocarbonyl (C=S) groups is 1. The van der Waals surface area contributed by atoms with Gasteiger partial charge >= 0.3 is 0 Å². The van der Waals surface area contributed by atoms with E-state index in [-0.39, 0.29) is 12.5 Å². The van der Waals surface area contributed by atoms with Gasteiger partial charge in [0.05, 0.1) is 22.7 Å². The lowest BCUT2D eigenvalue weighted by Gasteiger charge is -2.14.